The summed E-state index contributed by atoms with van der Waals surface area (Å²) in [6, 6.07) is 0.532. The lowest BCUT2D eigenvalue weighted by Crippen LogP contribution is -2.32. The van der Waals surface area contributed by atoms with E-state index in [1.165, 1.54) is 19.3 Å². The van der Waals surface area contributed by atoms with Gasteiger partial charge in [0.05, 0.1) is 0 Å². The molecule has 0 aliphatic heterocycles. The SMILES string of the molecule is CCCCC(CN)NC. The molecule has 3 N–H and O–H groups in total. The zero-order chi connectivity index (χ0) is 7.11. The molecule has 0 aliphatic carbocycles. The Bertz CT molecular complexity index is 50.9. The van der Waals surface area contributed by atoms with E-state index in [2.05, 4.69) is 12.2 Å². The van der Waals surface area contributed by atoms with Gasteiger partial charge in [0.15, 0.2) is 0 Å². The van der Waals surface area contributed by atoms with Crippen molar-refractivity contribution in [3.8, 4) is 0 Å². The summed E-state index contributed by atoms with van der Waals surface area (Å²) < 4.78 is 0. The van der Waals surface area contributed by atoms with E-state index < -0.39 is 0 Å². The Morgan fingerprint density at radius 1 is 1.56 bits per heavy atom. The summed E-state index contributed by atoms with van der Waals surface area (Å²) in [6.45, 7) is 2.96. The van der Waals surface area contributed by atoms with Crippen molar-refractivity contribution in [3.63, 3.8) is 0 Å². The topological polar surface area (TPSA) is 38.0 Å². The number of rotatable bonds is 5. The van der Waals surface area contributed by atoms with Crippen molar-refractivity contribution < 1.29 is 0 Å². The van der Waals surface area contributed by atoms with Crippen molar-refractivity contribution in [1.29, 1.82) is 0 Å². The smallest absolute Gasteiger partial charge is 0.0187 e. The lowest BCUT2D eigenvalue weighted by molar-refractivity contribution is 0.509. The molecular formula is C7H18N2. The van der Waals surface area contributed by atoms with Crippen LogP contribution in [0.2, 0.25) is 0 Å². The highest BCUT2D eigenvalue weighted by Gasteiger charge is 1.99. The van der Waals surface area contributed by atoms with Crippen molar-refractivity contribution in [2.45, 2.75) is 32.2 Å². The highest BCUT2D eigenvalue weighted by molar-refractivity contribution is 4.63. The van der Waals surface area contributed by atoms with Crippen LogP contribution < -0.4 is 11.1 Å². The normalized spacial score (nSPS) is 13.7. The molecule has 0 bridgehead atoms. The monoisotopic (exact) mass is 130 g/mol. The van der Waals surface area contributed by atoms with Crippen molar-refractivity contribution in [2.75, 3.05) is 13.6 Å². The molecule has 0 radical (unpaired) electrons. The Balaban J connectivity index is 3.09. The Morgan fingerprint density at radius 3 is 2.56 bits per heavy atom. The summed E-state index contributed by atoms with van der Waals surface area (Å²) in [4.78, 5) is 0. The number of nitrogens with one attached hydrogen (secondary N) is 1. The molecule has 0 aromatic heterocycles. The number of hydrogen-bond acceptors (Lipinski definition) is 2. The highest BCUT2D eigenvalue weighted by Crippen LogP contribution is 1.97. The molecule has 0 heterocycles. The van der Waals surface area contributed by atoms with Crippen LogP contribution in [-0.2, 0) is 0 Å². The van der Waals surface area contributed by atoms with Crippen LogP contribution in [0.25, 0.3) is 0 Å². The molecule has 0 aromatic carbocycles. The molecule has 2 nitrogen and oxygen atoms in total. The van der Waals surface area contributed by atoms with Crippen LogP contribution in [0.1, 0.15) is 26.2 Å². The van der Waals surface area contributed by atoms with Gasteiger partial charge in [-0.1, -0.05) is 19.8 Å². The molecule has 0 amide bonds. The van der Waals surface area contributed by atoms with Crippen LogP contribution >= 0.6 is 0 Å². The largest absolute Gasteiger partial charge is 0.329 e. The summed E-state index contributed by atoms with van der Waals surface area (Å²) in [6.07, 6.45) is 3.75. The van der Waals surface area contributed by atoms with Crippen molar-refractivity contribution in [3.05, 3.63) is 0 Å². The predicted octanol–water partition coefficient (Wildman–Crippen LogP) is 0.723. The van der Waals surface area contributed by atoms with Crippen LogP contribution in [0.3, 0.4) is 0 Å². The number of hydrogen-bond donors (Lipinski definition) is 2. The minimum atomic E-state index is 0.532. The molecule has 0 saturated heterocycles. The summed E-state index contributed by atoms with van der Waals surface area (Å²) >= 11 is 0. The minimum Gasteiger partial charge on any atom is -0.329 e. The first-order valence-electron chi connectivity index (χ1n) is 3.72. The third kappa shape index (κ3) is 4.43. The first kappa shape index (κ1) is 8.92. The van der Waals surface area contributed by atoms with E-state index in [0.29, 0.717) is 6.04 Å². The van der Waals surface area contributed by atoms with Crippen LogP contribution in [0.5, 0.6) is 0 Å². The Kier molecular flexibility index (Phi) is 5.99. The number of unbranched alkanes of at least 4 members (excludes halogenated alkanes) is 1. The zero-order valence-electron chi connectivity index (χ0n) is 6.48. The molecule has 0 saturated carbocycles. The fourth-order valence-electron chi connectivity index (χ4n) is 0.831. The highest BCUT2D eigenvalue weighted by atomic mass is 14.9. The Labute approximate surface area is 57.8 Å². The molecule has 9 heavy (non-hydrogen) atoms. The summed E-state index contributed by atoms with van der Waals surface area (Å²) in [7, 11) is 1.97. The molecular weight excluding hydrogens is 112 g/mol. The second kappa shape index (κ2) is 6.05. The number of likely N-dealkylation sites (N-methyl/N-ethyl adjacent to an activating group) is 1. The van der Waals surface area contributed by atoms with E-state index in [-0.39, 0.29) is 0 Å². The van der Waals surface area contributed by atoms with Gasteiger partial charge in [-0.3, -0.25) is 0 Å². The molecule has 0 aromatic rings. The van der Waals surface area contributed by atoms with E-state index in [9.17, 15) is 0 Å². The van der Waals surface area contributed by atoms with E-state index >= 15 is 0 Å². The summed E-state index contributed by atoms with van der Waals surface area (Å²) in [5, 5.41) is 3.16. The minimum absolute atomic E-state index is 0.532. The molecule has 0 aliphatic rings. The van der Waals surface area contributed by atoms with Crippen LogP contribution in [-0.4, -0.2) is 19.6 Å². The quantitative estimate of drug-likeness (QED) is 0.575. The predicted molar refractivity (Wildman–Crippen MR) is 41.4 cm³/mol. The van der Waals surface area contributed by atoms with E-state index in [1.54, 1.807) is 0 Å². The molecule has 1 unspecified atom stereocenters. The first-order valence-corrected chi connectivity index (χ1v) is 3.72. The van der Waals surface area contributed by atoms with Crippen LogP contribution in [0.4, 0.5) is 0 Å². The maximum Gasteiger partial charge on any atom is 0.0187 e. The number of nitrogens with two attached hydrogens (primary N) is 1. The van der Waals surface area contributed by atoms with Gasteiger partial charge in [0, 0.05) is 12.6 Å². The van der Waals surface area contributed by atoms with Gasteiger partial charge in [-0.2, -0.15) is 0 Å². The summed E-state index contributed by atoms with van der Waals surface area (Å²) in [5.74, 6) is 0. The Hall–Kier alpha value is -0.0800. The summed E-state index contributed by atoms with van der Waals surface area (Å²) in [5.41, 5.74) is 5.46. The van der Waals surface area contributed by atoms with Gasteiger partial charge in [-0.25, -0.2) is 0 Å². The van der Waals surface area contributed by atoms with Crippen LogP contribution in [0.15, 0.2) is 0 Å². The van der Waals surface area contributed by atoms with Gasteiger partial charge in [0.25, 0.3) is 0 Å². The maximum absolute atomic E-state index is 5.46. The van der Waals surface area contributed by atoms with Gasteiger partial charge in [-0.15, -0.1) is 0 Å². The van der Waals surface area contributed by atoms with Gasteiger partial charge in [0.2, 0.25) is 0 Å². The lowest BCUT2D eigenvalue weighted by atomic mass is 10.1. The van der Waals surface area contributed by atoms with Crippen molar-refractivity contribution >= 4 is 0 Å². The van der Waals surface area contributed by atoms with E-state index in [1.807, 2.05) is 7.05 Å². The van der Waals surface area contributed by atoms with Gasteiger partial charge in [-0.05, 0) is 13.5 Å². The molecule has 56 valence electrons. The molecule has 0 rings (SSSR count). The average Bonchev–Trinajstić information content (AvgIpc) is 1.91. The zero-order valence-corrected chi connectivity index (χ0v) is 6.48. The second-order valence-electron chi connectivity index (χ2n) is 2.36. The molecule has 2 heteroatoms. The first-order chi connectivity index (χ1) is 4.35. The fraction of sp³-hybridized carbons (Fsp3) is 1.00. The third-order valence-electron chi connectivity index (χ3n) is 1.60. The van der Waals surface area contributed by atoms with Crippen molar-refractivity contribution in [1.82, 2.24) is 5.32 Å². The second-order valence-corrected chi connectivity index (χ2v) is 2.36. The third-order valence-corrected chi connectivity index (χ3v) is 1.60. The van der Waals surface area contributed by atoms with E-state index in [0.717, 1.165) is 6.54 Å². The maximum atomic E-state index is 5.46. The Morgan fingerprint density at radius 2 is 2.22 bits per heavy atom. The van der Waals surface area contributed by atoms with E-state index in [4.69, 9.17) is 5.73 Å². The lowest BCUT2D eigenvalue weighted by Gasteiger charge is -2.11. The van der Waals surface area contributed by atoms with Crippen LogP contribution in [0, 0.1) is 0 Å². The average molecular weight is 130 g/mol. The molecule has 0 spiro atoms. The van der Waals surface area contributed by atoms with Gasteiger partial charge < -0.3 is 11.1 Å². The van der Waals surface area contributed by atoms with Gasteiger partial charge in [0.1, 0.15) is 0 Å². The standard InChI is InChI=1S/C7H18N2/c1-3-4-5-7(6-8)9-2/h7,9H,3-6,8H2,1-2H3. The fourth-order valence-corrected chi connectivity index (χ4v) is 0.831. The van der Waals surface area contributed by atoms with Crippen molar-refractivity contribution in [2.24, 2.45) is 5.73 Å². The molecule has 1 atom stereocenters. The molecule has 0 fully saturated rings. The van der Waals surface area contributed by atoms with Gasteiger partial charge >= 0.3 is 0 Å².